The number of hydrogen-bond acceptors (Lipinski definition) is 4. The molecule has 1 aromatic rings. The van der Waals surface area contributed by atoms with Gasteiger partial charge in [-0.2, -0.15) is 24.9 Å². The van der Waals surface area contributed by atoms with Crippen molar-refractivity contribution in [3.05, 3.63) is 24.0 Å². The van der Waals surface area contributed by atoms with E-state index in [0.717, 1.165) is 30.7 Å². The van der Waals surface area contributed by atoms with Crippen LogP contribution in [0.4, 0.5) is 18.9 Å². The van der Waals surface area contributed by atoms with Gasteiger partial charge in [0, 0.05) is 55.5 Å². The molecule has 4 nitrogen and oxygen atoms in total. The van der Waals surface area contributed by atoms with Crippen LogP contribution in [0, 0.1) is 5.92 Å². The molecule has 132 valence electrons. The number of hydrogen-bond donors (Lipinski definition) is 0. The molecule has 0 N–H and O–H groups in total. The second-order valence-corrected chi connectivity index (χ2v) is 7.32. The van der Waals surface area contributed by atoms with Gasteiger partial charge in [-0.05, 0) is 25.0 Å². The fourth-order valence-corrected chi connectivity index (χ4v) is 4.10. The first kappa shape index (κ1) is 17.4. The van der Waals surface area contributed by atoms with Crippen LogP contribution in [0.1, 0.15) is 18.5 Å². The summed E-state index contributed by atoms with van der Waals surface area (Å²) in [7, 11) is 0. The Labute approximate surface area is 143 Å². The van der Waals surface area contributed by atoms with E-state index < -0.39 is 11.9 Å². The minimum absolute atomic E-state index is 0.00623. The van der Waals surface area contributed by atoms with E-state index in [2.05, 4.69) is 4.98 Å². The summed E-state index contributed by atoms with van der Waals surface area (Å²) in [5.74, 6) is 2.18. The number of halogens is 3. The average molecular weight is 359 g/mol. The fraction of sp³-hybridized carbons (Fsp3) is 0.625. The van der Waals surface area contributed by atoms with E-state index in [1.54, 1.807) is 6.07 Å². The molecule has 2 aliphatic heterocycles. The van der Waals surface area contributed by atoms with Crippen molar-refractivity contribution in [2.24, 2.45) is 5.92 Å². The first-order valence-corrected chi connectivity index (χ1v) is 9.25. The van der Waals surface area contributed by atoms with Crippen LogP contribution in [0.25, 0.3) is 0 Å². The molecule has 2 fully saturated rings. The van der Waals surface area contributed by atoms with Crippen LogP contribution in [0.3, 0.4) is 0 Å². The van der Waals surface area contributed by atoms with E-state index in [1.807, 2.05) is 21.6 Å². The Kier molecular flexibility index (Phi) is 5.22. The monoisotopic (exact) mass is 359 g/mol. The Morgan fingerprint density at radius 2 is 1.83 bits per heavy atom. The first-order valence-electron chi connectivity index (χ1n) is 8.10. The lowest BCUT2D eigenvalue weighted by Crippen LogP contribution is -2.45. The highest BCUT2D eigenvalue weighted by atomic mass is 32.2. The van der Waals surface area contributed by atoms with Crippen LogP contribution in [-0.2, 0) is 11.0 Å². The minimum atomic E-state index is -4.43. The van der Waals surface area contributed by atoms with Crippen LogP contribution < -0.4 is 4.90 Å². The van der Waals surface area contributed by atoms with Crippen molar-refractivity contribution in [2.75, 3.05) is 42.6 Å². The van der Waals surface area contributed by atoms with E-state index in [4.69, 9.17) is 0 Å². The zero-order chi connectivity index (χ0) is 17.2. The molecular formula is C16H20F3N3OS. The lowest BCUT2D eigenvalue weighted by Gasteiger charge is -2.36. The topological polar surface area (TPSA) is 36.4 Å². The van der Waals surface area contributed by atoms with E-state index in [1.165, 1.54) is 6.20 Å². The molecule has 8 heteroatoms. The molecule has 2 aliphatic rings. The number of carbonyl (C=O) groups excluding carboxylic acids is 1. The predicted octanol–water partition coefficient (Wildman–Crippen LogP) is 2.89. The molecule has 1 aromatic heterocycles. The Hall–Kier alpha value is -1.44. The van der Waals surface area contributed by atoms with Crippen LogP contribution in [0.5, 0.6) is 0 Å². The molecule has 0 atom stereocenters. The normalized spacial score (nSPS) is 20.3. The van der Waals surface area contributed by atoms with Gasteiger partial charge < -0.3 is 9.80 Å². The summed E-state index contributed by atoms with van der Waals surface area (Å²) in [6.07, 6.45) is -1.87. The summed E-state index contributed by atoms with van der Waals surface area (Å²) in [4.78, 5) is 19.8. The molecule has 1 amide bonds. The van der Waals surface area contributed by atoms with Crippen molar-refractivity contribution in [3.8, 4) is 0 Å². The summed E-state index contributed by atoms with van der Waals surface area (Å²) < 4.78 is 38.3. The summed E-state index contributed by atoms with van der Waals surface area (Å²) in [6.45, 7) is 2.81. The van der Waals surface area contributed by atoms with E-state index in [0.29, 0.717) is 31.6 Å². The Morgan fingerprint density at radius 3 is 2.46 bits per heavy atom. The molecular weight excluding hydrogens is 339 g/mol. The van der Waals surface area contributed by atoms with Crippen molar-refractivity contribution in [3.63, 3.8) is 0 Å². The summed E-state index contributed by atoms with van der Waals surface area (Å²) >= 11 is 1.86. The van der Waals surface area contributed by atoms with Crippen LogP contribution in [0.15, 0.2) is 18.3 Å². The van der Waals surface area contributed by atoms with Gasteiger partial charge in [0.1, 0.15) is 5.69 Å². The average Bonchev–Trinajstić information content (AvgIpc) is 2.61. The molecule has 0 aromatic carbocycles. The van der Waals surface area contributed by atoms with Gasteiger partial charge in [-0.25, -0.2) is 0 Å². The number of nitrogens with zero attached hydrogens (tertiary/aromatic N) is 3. The highest BCUT2D eigenvalue weighted by Crippen LogP contribution is 2.31. The number of piperidine rings is 1. The van der Waals surface area contributed by atoms with Crippen LogP contribution in [0.2, 0.25) is 0 Å². The molecule has 2 saturated heterocycles. The summed E-state index contributed by atoms with van der Waals surface area (Å²) in [5.41, 5.74) is -0.346. The SMILES string of the molecule is O=C(C1CCN(c2ccnc(C(F)(F)F)c2)CC1)N1CCSCC1. The molecule has 0 aliphatic carbocycles. The molecule has 0 saturated carbocycles. The van der Waals surface area contributed by atoms with Gasteiger partial charge in [-0.15, -0.1) is 0 Å². The third-order valence-corrected chi connectivity index (χ3v) is 5.51. The lowest BCUT2D eigenvalue weighted by atomic mass is 9.95. The quantitative estimate of drug-likeness (QED) is 0.814. The Balaban J connectivity index is 1.60. The number of carbonyl (C=O) groups is 1. The van der Waals surface area contributed by atoms with Gasteiger partial charge in [-0.3, -0.25) is 9.78 Å². The zero-order valence-electron chi connectivity index (χ0n) is 13.3. The molecule has 0 unspecified atom stereocenters. The van der Waals surface area contributed by atoms with Crippen molar-refractivity contribution >= 4 is 23.4 Å². The molecule has 0 bridgehead atoms. The van der Waals surface area contributed by atoms with Crippen LogP contribution in [-0.4, -0.2) is 53.5 Å². The predicted molar refractivity (Wildman–Crippen MR) is 88.1 cm³/mol. The number of pyridine rings is 1. The van der Waals surface area contributed by atoms with Gasteiger partial charge in [0.25, 0.3) is 0 Å². The number of alkyl halides is 3. The van der Waals surface area contributed by atoms with Gasteiger partial charge in [0.05, 0.1) is 0 Å². The maximum atomic E-state index is 12.8. The van der Waals surface area contributed by atoms with E-state index in [-0.39, 0.29) is 11.8 Å². The molecule has 0 spiro atoms. The largest absolute Gasteiger partial charge is 0.433 e. The third kappa shape index (κ3) is 3.96. The highest BCUT2D eigenvalue weighted by Gasteiger charge is 2.34. The van der Waals surface area contributed by atoms with Gasteiger partial charge in [0.15, 0.2) is 0 Å². The minimum Gasteiger partial charge on any atom is -0.371 e. The Morgan fingerprint density at radius 1 is 1.17 bits per heavy atom. The molecule has 0 radical (unpaired) electrons. The van der Waals surface area contributed by atoms with Gasteiger partial charge >= 0.3 is 6.18 Å². The number of thioether (sulfide) groups is 1. The standard InChI is InChI=1S/C16H20F3N3OS/c17-16(18,19)14-11-13(1-4-20-14)21-5-2-12(3-6-21)15(23)22-7-9-24-10-8-22/h1,4,11-12H,2-3,5-10H2. The molecule has 3 heterocycles. The number of rotatable bonds is 2. The Bertz CT molecular complexity index is 582. The van der Waals surface area contributed by atoms with Crippen molar-refractivity contribution < 1.29 is 18.0 Å². The van der Waals surface area contributed by atoms with Crippen LogP contribution >= 0.6 is 11.8 Å². The zero-order valence-corrected chi connectivity index (χ0v) is 14.1. The maximum Gasteiger partial charge on any atom is 0.433 e. The smallest absolute Gasteiger partial charge is 0.371 e. The fourth-order valence-electron chi connectivity index (χ4n) is 3.20. The number of amides is 1. The maximum absolute atomic E-state index is 12.8. The van der Waals surface area contributed by atoms with E-state index >= 15 is 0 Å². The second kappa shape index (κ2) is 7.21. The molecule has 24 heavy (non-hydrogen) atoms. The molecule has 3 rings (SSSR count). The van der Waals surface area contributed by atoms with Gasteiger partial charge in [0.2, 0.25) is 5.91 Å². The number of anilines is 1. The number of aromatic nitrogens is 1. The van der Waals surface area contributed by atoms with E-state index in [9.17, 15) is 18.0 Å². The van der Waals surface area contributed by atoms with Crippen molar-refractivity contribution in [1.82, 2.24) is 9.88 Å². The summed E-state index contributed by atoms with van der Waals surface area (Å²) in [6, 6.07) is 2.68. The van der Waals surface area contributed by atoms with Crippen molar-refractivity contribution in [2.45, 2.75) is 19.0 Å². The third-order valence-electron chi connectivity index (χ3n) is 4.57. The van der Waals surface area contributed by atoms with Crippen molar-refractivity contribution in [1.29, 1.82) is 0 Å². The first-order chi connectivity index (χ1) is 11.4. The second-order valence-electron chi connectivity index (χ2n) is 6.10. The highest BCUT2D eigenvalue weighted by molar-refractivity contribution is 7.99. The van der Waals surface area contributed by atoms with Gasteiger partial charge in [-0.1, -0.05) is 0 Å². The lowest BCUT2D eigenvalue weighted by molar-refractivity contribution is -0.141. The summed E-state index contributed by atoms with van der Waals surface area (Å²) in [5, 5.41) is 0.